The highest BCUT2D eigenvalue weighted by Gasteiger charge is 2.18. The van der Waals surface area contributed by atoms with E-state index in [-0.39, 0.29) is 24.6 Å². The second-order valence-corrected chi connectivity index (χ2v) is 7.66. The molecule has 1 N–H and O–H groups in total. The third-order valence-corrected chi connectivity index (χ3v) is 5.39. The van der Waals surface area contributed by atoms with E-state index in [9.17, 15) is 9.59 Å². The van der Waals surface area contributed by atoms with E-state index in [2.05, 4.69) is 10.1 Å². The van der Waals surface area contributed by atoms with Crippen LogP contribution >= 0.6 is 0 Å². The monoisotopic (exact) mass is 425 g/mol. The molecule has 1 fully saturated rings. The Morgan fingerprint density at radius 2 is 2.00 bits per heavy atom. The van der Waals surface area contributed by atoms with Gasteiger partial charge >= 0.3 is 5.97 Å². The number of hydrogen-bond donors (Lipinski definition) is 1. The number of methoxy groups -OCH3 is 1. The second-order valence-electron chi connectivity index (χ2n) is 7.66. The molecule has 1 amide bonds. The minimum Gasteiger partial charge on any atom is -0.488 e. The third-order valence-electron chi connectivity index (χ3n) is 5.39. The zero-order valence-corrected chi connectivity index (χ0v) is 18.1. The molecule has 31 heavy (non-hydrogen) atoms. The lowest BCUT2D eigenvalue weighted by Crippen LogP contribution is -2.34. The summed E-state index contributed by atoms with van der Waals surface area (Å²) in [6.07, 6.45) is 6.60. The first kappa shape index (κ1) is 22.8. The minimum atomic E-state index is -0.210. The molecule has 166 valence electrons. The molecule has 1 unspecified atom stereocenters. The van der Waals surface area contributed by atoms with Crippen LogP contribution in [-0.2, 0) is 19.1 Å². The number of hydrogen-bond acceptors (Lipinski definition) is 5. The van der Waals surface area contributed by atoms with E-state index >= 15 is 0 Å². The van der Waals surface area contributed by atoms with Crippen molar-refractivity contribution in [3.05, 3.63) is 54.1 Å². The van der Waals surface area contributed by atoms with Crippen LogP contribution in [-0.4, -0.2) is 44.8 Å². The number of unbranched alkanes of at least 4 members (excludes halogenated alkanes) is 2. The van der Waals surface area contributed by atoms with Gasteiger partial charge in [0.25, 0.3) is 0 Å². The number of allylic oxidation sites excluding steroid dienone is 1. The summed E-state index contributed by atoms with van der Waals surface area (Å²) in [4.78, 5) is 24.1. The Kier molecular flexibility index (Phi) is 8.91. The van der Waals surface area contributed by atoms with Crippen LogP contribution in [0.3, 0.4) is 0 Å². The topological polar surface area (TPSA) is 73.9 Å². The number of rotatable bonds is 11. The standard InChI is InChI=1S/C25H31NO5/c1-29-24(27)15-4-2-3-10-20(25(28)26-17-21-12-8-16-30-21)18-31-23-14-7-11-19-9-5-6-13-22(19)23/h5-7,9-11,13-14,21H,2-4,8,12,15-18H2,1H3,(H,26,28)/b20-10+. The molecule has 3 rings (SSSR count). The van der Waals surface area contributed by atoms with Gasteiger partial charge in [-0.05, 0) is 43.6 Å². The van der Waals surface area contributed by atoms with Gasteiger partial charge in [0.05, 0.1) is 18.8 Å². The minimum absolute atomic E-state index is 0.0873. The maximum Gasteiger partial charge on any atom is 0.305 e. The molecule has 0 aliphatic carbocycles. The zero-order chi connectivity index (χ0) is 21.9. The summed E-state index contributed by atoms with van der Waals surface area (Å²) < 4.78 is 16.3. The van der Waals surface area contributed by atoms with Crippen LogP contribution in [0.15, 0.2) is 54.1 Å². The Bertz CT molecular complexity index is 896. The maximum absolute atomic E-state index is 12.8. The first-order chi connectivity index (χ1) is 15.2. The quantitative estimate of drug-likeness (QED) is 0.332. The van der Waals surface area contributed by atoms with E-state index in [1.165, 1.54) is 7.11 Å². The van der Waals surface area contributed by atoms with E-state index in [1.807, 2.05) is 48.5 Å². The molecule has 0 spiro atoms. The molecule has 2 aromatic rings. The van der Waals surface area contributed by atoms with Crippen LogP contribution in [0, 0.1) is 0 Å². The summed E-state index contributed by atoms with van der Waals surface area (Å²) in [6.45, 7) is 1.45. The number of carbonyl (C=O) groups excluding carboxylic acids is 2. The van der Waals surface area contributed by atoms with Crippen molar-refractivity contribution in [2.45, 2.75) is 44.6 Å². The van der Waals surface area contributed by atoms with Crippen molar-refractivity contribution in [2.24, 2.45) is 0 Å². The van der Waals surface area contributed by atoms with E-state index in [0.29, 0.717) is 25.0 Å². The van der Waals surface area contributed by atoms with Gasteiger partial charge in [-0.25, -0.2) is 0 Å². The maximum atomic E-state index is 12.8. The average molecular weight is 426 g/mol. The lowest BCUT2D eigenvalue weighted by atomic mass is 10.1. The highest BCUT2D eigenvalue weighted by Crippen LogP contribution is 2.25. The summed E-state index contributed by atoms with van der Waals surface area (Å²) >= 11 is 0. The number of esters is 1. The van der Waals surface area contributed by atoms with E-state index in [1.54, 1.807) is 0 Å². The molecule has 0 saturated carbocycles. The highest BCUT2D eigenvalue weighted by atomic mass is 16.5. The van der Waals surface area contributed by atoms with Crippen LogP contribution in [0.5, 0.6) is 5.75 Å². The fraction of sp³-hybridized carbons (Fsp3) is 0.440. The number of fused-ring (bicyclic) bond motifs is 1. The van der Waals surface area contributed by atoms with Gasteiger partial charge in [-0.3, -0.25) is 9.59 Å². The van der Waals surface area contributed by atoms with Crippen LogP contribution < -0.4 is 10.1 Å². The highest BCUT2D eigenvalue weighted by molar-refractivity contribution is 5.94. The van der Waals surface area contributed by atoms with Crippen molar-refractivity contribution in [3.8, 4) is 5.75 Å². The molecule has 1 saturated heterocycles. The molecule has 1 atom stereocenters. The lowest BCUT2D eigenvalue weighted by molar-refractivity contribution is -0.140. The van der Waals surface area contributed by atoms with Crippen molar-refractivity contribution in [1.29, 1.82) is 0 Å². The second kappa shape index (κ2) is 12.1. The number of benzene rings is 2. The molecule has 0 aromatic heterocycles. The first-order valence-corrected chi connectivity index (χ1v) is 10.9. The Morgan fingerprint density at radius 3 is 2.81 bits per heavy atom. The Hall–Kier alpha value is -2.86. The van der Waals surface area contributed by atoms with Gasteiger partial charge in [0.2, 0.25) is 5.91 Å². The number of ether oxygens (including phenoxy) is 3. The Labute approximate surface area is 183 Å². The fourth-order valence-corrected chi connectivity index (χ4v) is 3.61. The predicted octanol–water partition coefficient (Wildman–Crippen LogP) is 4.17. The average Bonchev–Trinajstić information content (AvgIpc) is 3.32. The number of nitrogens with one attached hydrogen (secondary N) is 1. The Morgan fingerprint density at radius 1 is 1.16 bits per heavy atom. The Balaban J connectivity index is 1.61. The van der Waals surface area contributed by atoms with Crippen molar-refractivity contribution in [3.63, 3.8) is 0 Å². The van der Waals surface area contributed by atoms with Gasteiger partial charge in [-0.15, -0.1) is 0 Å². The molecule has 0 radical (unpaired) electrons. The summed E-state index contributed by atoms with van der Waals surface area (Å²) in [6, 6.07) is 13.9. The summed E-state index contributed by atoms with van der Waals surface area (Å²) in [7, 11) is 1.39. The molecule has 1 aliphatic rings. The van der Waals surface area contributed by atoms with Crippen LogP contribution in [0.1, 0.15) is 38.5 Å². The van der Waals surface area contributed by atoms with E-state index in [4.69, 9.17) is 9.47 Å². The first-order valence-electron chi connectivity index (χ1n) is 10.9. The van der Waals surface area contributed by atoms with Gasteiger partial charge in [-0.2, -0.15) is 0 Å². The number of carbonyl (C=O) groups is 2. The van der Waals surface area contributed by atoms with Gasteiger partial charge in [0.15, 0.2) is 0 Å². The molecule has 2 aromatic carbocycles. The fourth-order valence-electron chi connectivity index (χ4n) is 3.61. The predicted molar refractivity (Wildman–Crippen MR) is 120 cm³/mol. The summed E-state index contributed by atoms with van der Waals surface area (Å²) in [5.74, 6) is 0.406. The third kappa shape index (κ3) is 7.10. The van der Waals surface area contributed by atoms with Gasteiger partial charge in [0, 0.05) is 25.0 Å². The molecule has 6 nitrogen and oxygen atoms in total. The summed E-state index contributed by atoms with van der Waals surface area (Å²) in [5, 5.41) is 5.09. The van der Waals surface area contributed by atoms with Crippen molar-refractivity contribution >= 4 is 22.6 Å². The number of amides is 1. The van der Waals surface area contributed by atoms with Gasteiger partial charge < -0.3 is 19.5 Å². The molecular weight excluding hydrogens is 394 g/mol. The van der Waals surface area contributed by atoms with E-state index in [0.717, 1.165) is 48.8 Å². The van der Waals surface area contributed by atoms with Crippen molar-refractivity contribution < 1.29 is 23.8 Å². The van der Waals surface area contributed by atoms with E-state index < -0.39 is 0 Å². The van der Waals surface area contributed by atoms with Crippen LogP contribution in [0.25, 0.3) is 10.8 Å². The smallest absolute Gasteiger partial charge is 0.305 e. The largest absolute Gasteiger partial charge is 0.488 e. The molecular formula is C25H31NO5. The molecule has 0 bridgehead atoms. The van der Waals surface area contributed by atoms with Gasteiger partial charge in [0.1, 0.15) is 12.4 Å². The van der Waals surface area contributed by atoms with Crippen LogP contribution in [0.2, 0.25) is 0 Å². The summed E-state index contributed by atoms with van der Waals surface area (Å²) in [5.41, 5.74) is 0.587. The SMILES string of the molecule is COC(=O)CCCC/C=C(\COc1cccc2ccccc12)C(=O)NCC1CCCO1. The normalized spacial score (nSPS) is 16.3. The zero-order valence-electron chi connectivity index (χ0n) is 18.1. The van der Waals surface area contributed by atoms with Crippen molar-refractivity contribution in [2.75, 3.05) is 26.9 Å². The molecule has 1 heterocycles. The van der Waals surface area contributed by atoms with Crippen LogP contribution in [0.4, 0.5) is 0 Å². The molecule has 1 aliphatic heterocycles. The molecule has 6 heteroatoms. The van der Waals surface area contributed by atoms with Crippen molar-refractivity contribution in [1.82, 2.24) is 5.32 Å². The van der Waals surface area contributed by atoms with Gasteiger partial charge in [-0.1, -0.05) is 42.5 Å². The lowest BCUT2D eigenvalue weighted by Gasteiger charge is -2.14.